The van der Waals surface area contributed by atoms with E-state index >= 15 is 0 Å². The minimum Gasteiger partial charge on any atom is -0.309 e. The maximum absolute atomic E-state index is 5.10. The van der Waals surface area contributed by atoms with Crippen LogP contribution in [-0.4, -0.2) is 14.5 Å². The summed E-state index contributed by atoms with van der Waals surface area (Å²) in [5, 5.41) is 3.52. The van der Waals surface area contributed by atoms with E-state index in [0.29, 0.717) is 0 Å². The van der Waals surface area contributed by atoms with Crippen molar-refractivity contribution in [3.63, 3.8) is 0 Å². The second kappa shape index (κ2) is 11.2. The smallest absolute Gasteiger partial charge is 0.160 e. The summed E-state index contributed by atoms with van der Waals surface area (Å²) < 4.78 is 2.39. The molecule has 0 unspecified atom stereocenters. The number of para-hydroxylation sites is 3. The molecule has 0 aliphatic heterocycles. The van der Waals surface area contributed by atoms with Gasteiger partial charge < -0.3 is 4.57 Å². The molecule has 0 radical (unpaired) electrons. The van der Waals surface area contributed by atoms with Crippen LogP contribution in [-0.2, 0) is 0 Å². The molecule has 0 aliphatic rings. The molecule has 0 saturated carbocycles. The number of fused-ring (bicyclic) bond motifs is 4. The SMILES string of the molecule is c1ccc(-c2ccc(-c3cccc4c5ccccc5n(-c5ccc(-c6nc(-c7ccccc7)c7ccccc7n6)cc5)c34)cc2)cc1. The van der Waals surface area contributed by atoms with Crippen molar-refractivity contribution >= 4 is 32.7 Å². The molecule has 3 heteroatoms. The molecule has 2 aromatic heterocycles. The number of benzene rings is 7. The second-order valence-electron chi connectivity index (χ2n) is 11.8. The third kappa shape index (κ3) is 4.68. The summed E-state index contributed by atoms with van der Waals surface area (Å²) >= 11 is 0. The van der Waals surface area contributed by atoms with Gasteiger partial charge in [0, 0.05) is 38.5 Å². The minimum absolute atomic E-state index is 0.718. The first-order valence-corrected chi connectivity index (χ1v) is 15.9. The largest absolute Gasteiger partial charge is 0.309 e. The summed E-state index contributed by atoms with van der Waals surface area (Å²) in [6.07, 6.45) is 0. The summed E-state index contributed by atoms with van der Waals surface area (Å²) in [7, 11) is 0. The Balaban J connectivity index is 1.18. The van der Waals surface area contributed by atoms with Crippen LogP contribution in [0.2, 0.25) is 0 Å². The lowest BCUT2D eigenvalue weighted by atomic mass is 9.98. The van der Waals surface area contributed by atoms with Crippen molar-refractivity contribution in [2.24, 2.45) is 0 Å². The maximum Gasteiger partial charge on any atom is 0.160 e. The molecule has 9 rings (SSSR count). The van der Waals surface area contributed by atoms with Gasteiger partial charge in [0.05, 0.1) is 22.2 Å². The highest BCUT2D eigenvalue weighted by Crippen LogP contribution is 2.39. The van der Waals surface area contributed by atoms with Crippen LogP contribution in [0.1, 0.15) is 0 Å². The van der Waals surface area contributed by atoms with Crippen LogP contribution in [0.5, 0.6) is 0 Å². The van der Waals surface area contributed by atoms with E-state index < -0.39 is 0 Å². The van der Waals surface area contributed by atoms with Gasteiger partial charge in [0.1, 0.15) is 0 Å². The molecule has 9 aromatic rings. The maximum atomic E-state index is 5.10. The molecular weight excluding hydrogens is 571 g/mol. The van der Waals surface area contributed by atoms with Gasteiger partial charge in [-0.3, -0.25) is 0 Å². The van der Waals surface area contributed by atoms with E-state index in [9.17, 15) is 0 Å². The molecule has 0 atom stereocenters. The van der Waals surface area contributed by atoms with E-state index in [2.05, 4.69) is 162 Å². The van der Waals surface area contributed by atoms with Crippen LogP contribution >= 0.6 is 0 Å². The Hall–Kier alpha value is -6.32. The zero-order valence-electron chi connectivity index (χ0n) is 25.6. The molecule has 2 heterocycles. The summed E-state index contributed by atoms with van der Waals surface area (Å²) in [5.41, 5.74) is 12.2. The van der Waals surface area contributed by atoms with E-state index in [-0.39, 0.29) is 0 Å². The minimum atomic E-state index is 0.718. The van der Waals surface area contributed by atoms with Gasteiger partial charge in [-0.25, -0.2) is 9.97 Å². The van der Waals surface area contributed by atoms with Crippen molar-refractivity contribution in [3.8, 4) is 50.6 Å². The zero-order chi connectivity index (χ0) is 31.2. The zero-order valence-corrected chi connectivity index (χ0v) is 25.6. The lowest BCUT2D eigenvalue weighted by molar-refractivity contribution is 1.17. The fourth-order valence-corrected chi connectivity index (χ4v) is 6.77. The predicted octanol–water partition coefficient (Wildman–Crippen LogP) is 11.4. The first-order chi connectivity index (χ1) is 23.3. The molecule has 47 heavy (non-hydrogen) atoms. The summed E-state index contributed by atoms with van der Waals surface area (Å²) in [6.45, 7) is 0. The van der Waals surface area contributed by atoms with Crippen LogP contribution in [0.4, 0.5) is 0 Å². The number of aromatic nitrogens is 3. The highest BCUT2D eigenvalue weighted by atomic mass is 15.0. The summed E-state index contributed by atoms with van der Waals surface area (Å²) in [4.78, 5) is 10.1. The second-order valence-corrected chi connectivity index (χ2v) is 11.8. The third-order valence-corrected chi connectivity index (χ3v) is 9.03. The number of hydrogen-bond donors (Lipinski definition) is 0. The highest BCUT2D eigenvalue weighted by Gasteiger charge is 2.17. The van der Waals surface area contributed by atoms with E-state index in [1.54, 1.807) is 0 Å². The number of hydrogen-bond acceptors (Lipinski definition) is 2. The van der Waals surface area contributed by atoms with Gasteiger partial charge >= 0.3 is 0 Å². The third-order valence-electron chi connectivity index (χ3n) is 9.03. The Morgan fingerprint density at radius 2 is 0.936 bits per heavy atom. The molecule has 0 bridgehead atoms. The molecule has 0 saturated heterocycles. The Morgan fingerprint density at radius 3 is 1.70 bits per heavy atom. The highest BCUT2D eigenvalue weighted by molar-refractivity contribution is 6.13. The first-order valence-electron chi connectivity index (χ1n) is 15.9. The molecule has 3 nitrogen and oxygen atoms in total. The lowest BCUT2D eigenvalue weighted by Gasteiger charge is -2.13. The molecule has 0 amide bonds. The topological polar surface area (TPSA) is 30.7 Å². The van der Waals surface area contributed by atoms with Crippen LogP contribution in [0.15, 0.2) is 176 Å². The quantitative estimate of drug-likeness (QED) is 0.197. The van der Waals surface area contributed by atoms with Gasteiger partial charge in [-0.1, -0.05) is 140 Å². The van der Waals surface area contributed by atoms with Crippen LogP contribution in [0, 0.1) is 0 Å². The standard InChI is InChI=1S/C44H29N3/c1-3-12-30(13-4-1)31-22-24-32(25-23-31)36-18-11-19-38-37-16-8-10-21-41(37)47(43(36)38)35-28-26-34(27-29-35)44-45-40-20-9-7-17-39(40)42(46-44)33-14-5-2-6-15-33/h1-29H. The Bertz CT molecular complexity index is 2530. The first kappa shape index (κ1) is 27.0. The summed E-state index contributed by atoms with van der Waals surface area (Å²) in [5.74, 6) is 0.718. The Labute approximate surface area is 273 Å². The van der Waals surface area contributed by atoms with Crippen molar-refractivity contribution in [3.05, 3.63) is 176 Å². The molecule has 0 spiro atoms. The van der Waals surface area contributed by atoms with Crippen molar-refractivity contribution in [2.75, 3.05) is 0 Å². The average molecular weight is 600 g/mol. The van der Waals surface area contributed by atoms with Crippen molar-refractivity contribution < 1.29 is 0 Å². The molecule has 0 N–H and O–H groups in total. The van der Waals surface area contributed by atoms with Crippen molar-refractivity contribution in [1.29, 1.82) is 0 Å². The van der Waals surface area contributed by atoms with Crippen molar-refractivity contribution in [1.82, 2.24) is 14.5 Å². The van der Waals surface area contributed by atoms with Gasteiger partial charge in [-0.05, 0) is 53.1 Å². The van der Waals surface area contributed by atoms with Gasteiger partial charge in [0.2, 0.25) is 0 Å². The van der Waals surface area contributed by atoms with E-state index in [1.165, 1.54) is 44.1 Å². The Morgan fingerprint density at radius 1 is 0.362 bits per heavy atom. The normalized spacial score (nSPS) is 11.4. The number of rotatable bonds is 5. The van der Waals surface area contributed by atoms with Gasteiger partial charge in [0.15, 0.2) is 5.82 Å². The fourth-order valence-electron chi connectivity index (χ4n) is 6.77. The summed E-state index contributed by atoms with van der Waals surface area (Å²) in [6, 6.07) is 62.0. The van der Waals surface area contributed by atoms with E-state index in [4.69, 9.17) is 9.97 Å². The molecule has 220 valence electrons. The number of nitrogens with zero attached hydrogens (tertiary/aromatic N) is 3. The molecule has 0 fully saturated rings. The van der Waals surface area contributed by atoms with Crippen LogP contribution < -0.4 is 0 Å². The molecule has 0 aliphatic carbocycles. The fraction of sp³-hybridized carbons (Fsp3) is 0. The van der Waals surface area contributed by atoms with E-state index in [1.807, 2.05) is 18.2 Å². The molecular formula is C44H29N3. The Kier molecular flexibility index (Phi) is 6.46. The predicted molar refractivity (Wildman–Crippen MR) is 196 cm³/mol. The van der Waals surface area contributed by atoms with Gasteiger partial charge in [-0.15, -0.1) is 0 Å². The van der Waals surface area contributed by atoms with Crippen LogP contribution in [0.3, 0.4) is 0 Å². The monoisotopic (exact) mass is 599 g/mol. The van der Waals surface area contributed by atoms with Gasteiger partial charge in [-0.2, -0.15) is 0 Å². The average Bonchev–Trinajstić information content (AvgIpc) is 3.50. The van der Waals surface area contributed by atoms with Crippen LogP contribution in [0.25, 0.3) is 83.3 Å². The lowest BCUT2D eigenvalue weighted by Crippen LogP contribution is -1.97. The van der Waals surface area contributed by atoms with E-state index in [0.717, 1.165) is 39.2 Å². The molecule has 7 aromatic carbocycles. The van der Waals surface area contributed by atoms with Gasteiger partial charge in [0.25, 0.3) is 0 Å². The van der Waals surface area contributed by atoms with Crippen molar-refractivity contribution in [2.45, 2.75) is 0 Å².